The van der Waals surface area contributed by atoms with E-state index in [1.165, 1.54) is 4.88 Å². The summed E-state index contributed by atoms with van der Waals surface area (Å²) in [5.74, 6) is -1.67. The summed E-state index contributed by atoms with van der Waals surface area (Å²) >= 11 is 1.67. The molecular formula is C19H22N2O4S. The Balaban J connectivity index is 1.88. The largest absolute Gasteiger partial charge is 0.480 e. The van der Waals surface area contributed by atoms with Crippen molar-refractivity contribution in [1.82, 2.24) is 5.32 Å². The van der Waals surface area contributed by atoms with E-state index in [4.69, 9.17) is 5.11 Å². The maximum absolute atomic E-state index is 12.2. The molecule has 0 aliphatic carbocycles. The first-order valence-electron chi connectivity index (χ1n) is 8.45. The van der Waals surface area contributed by atoms with E-state index in [2.05, 4.69) is 10.6 Å². The predicted octanol–water partition coefficient (Wildman–Crippen LogP) is 3.30. The molecule has 0 aliphatic heterocycles. The normalized spacial score (nSPS) is 11.6. The molecule has 0 radical (unpaired) electrons. The highest BCUT2D eigenvalue weighted by Gasteiger charge is 2.18. The van der Waals surface area contributed by atoms with Gasteiger partial charge in [-0.25, -0.2) is 4.79 Å². The van der Waals surface area contributed by atoms with Gasteiger partial charge in [0.05, 0.1) is 0 Å². The van der Waals surface area contributed by atoms with Crippen molar-refractivity contribution in [3.63, 3.8) is 0 Å². The van der Waals surface area contributed by atoms with Gasteiger partial charge in [0.25, 0.3) is 5.91 Å². The molecule has 6 nitrogen and oxygen atoms in total. The second-order valence-electron chi connectivity index (χ2n) is 5.83. The van der Waals surface area contributed by atoms with Gasteiger partial charge in [0.1, 0.15) is 6.04 Å². The number of carbonyl (C=O) groups is 3. The van der Waals surface area contributed by atoms with Crippen LogP contribution in [0, 0.1) is 0 Å². The summed E-state index contributed by atoms with van der Waals surface area (Å²) in [5.41, 5.74) is 0.822. The lowest BCUT2D eigenvalue weighted by Crippen LogP contribution is -2.40. The number of thiophene rings is 1. The van der Waals surface area contributed by atoms with E-state index in [1.54, 1.807) is 42.5 Å². The zero-order valence-electron chi connectivity index (χ0n) is 14.5. The fourth-order valence-corrected chi connectivity index (χ4v) is 3.17. The molecule has 2 aromatic rings. The lowest BCUT2D eigenvalue weighted by atomic mass is 10.1. The van der Waals surface area contributed by atoms with Crippen LogP contribution in [-0.4, -0.2) is 28.9 Å². The molecule has 1 atom stereocenters. The van der Waals surface area contributed by atoms with E-state index < -0.39 is 17.9 Å². The van der Waals surface area contributed by atoms with Crippen LogP contribution in [0.15, 0.2) is 41.8 Å². The van der Waals surface area contributed by atoms with Crippen molar-refractivity contribution >= 4 is 34.8 Å². The predicted molar refractivity (Wildman–Crippen MR) is 102 cm³/mol. The smallest absolute Gasteiger partial charge is 0.326 e. The number of benzene rings is 1. The van der Waals surface area contributed by atoms with Crippen LogP contribution in [-0.2, 0) is 16.0 Å². The Morgan fingerprint density at radius 2 is 2.00 bits per heavy atom. The number of aliphatic carboxylic acids is 1. The molecule has 2 amide bonds. The molecule has 1 aromatic carbocycles. The molecule has 0 saturated carbocycles. The van der Waals surface area contributed by atoms with Gasteiger partial charge in [0, 0.05) is 22.5 Å². The lowest BCUT2D eigenvalue weighted by Gasteiger charge is -2.13. The maximum Gasteiger partial charge on any atom is 0.326 e. The Kier molecular flexibility index (Phi) is 7.35. The molecule has 1 heterocycles. The number of amides is 2. The van der Waals surface area contributed by atoms with Gasteiger partial charge < -0.3 is 15.7 Å². The third-order valence-electron chi connectivity index (χ3n) is 3.83. The highest BCUT2D eigenvalue weighted by Crippen LogP contribution is 2.14. The molecule has 0 aliphatic rings. The third-order valence-corrected chi connectivity index (χ3v) is 4.76. The standard InChI is InChI=1S/C19H22N2O4S/c1-2-16(19(24)25)21-18(23)13-6-3-7-14(12-13)20-17(22)10-4-8-15-9-5-11-26-15/h3,5-7,9,11-12,16H,2,4,8,10H2,1H3,(H,20,22)(H,21,23)(H,24,25). The number of hydrogen-bond acceptors (Lipinski definition) is 4. The molecule has 26 heavy (non-hydrogen) atoms. The number of aryl methyl sites for hydroxylation is 1. The van der Waals surface area contributed by atoms with Crippen LogP contribution in [0.3, 0.4) is 0 Å². The number of carboxylic acid groups (broad SMARTS) is 1. The number of hydrogen-bond donors (Lipinski definition) is 3. The van der Waals surface area contributed by atoms with E-state index in [0.29, 0.717) is 24.1 Å². The quantitative estimate of drug-likeness (QED) is 0.627. The van der Waals surface area contributed by atoms with Crippen molar-refractivity contribution in [3.8, 4) is 0 Å². The summed E-state index contributed by atoms with van der Waals surface area (Å²) in [7, 11) is 0. The molecule has 0 fully saturated rings. The van der Waals surface area contributed by atoms with Crippen LogP contribution in [0.2, 0.25) is 0 Å². The Bertz CT molecular complexity index is 759. The molecular weight excluding hydrogens is 352 g/mol. The minimum Gasteiger partial charge on any atom is -0.480 e. The van der Waals surface area contributed by atoms with Gasteiger partial charge in [-0.05, 0) is 48.9 Å². The average molecular weight is 374 g/mol. The van der Waals surface area contributed by atoms with Gasteiger partial charge in [-0.15, -0.1) is 11.3 Å². The second kappa shape index (κ2) is 9.72. The van der Waals surface area contributed by atoms with Crippen molar-refractivity contribution < 1.29 is 19.5 Å². The van der Waals surface area contributed by atoms with Gasteiger partial charge in [-0.3, -0.25) is 9.59 Å². The molecule has 0 saturated heterocycles. The minimum absolute atomic E-state index is 0.115. The summed E-state index contributed by atoms with van der Waals surface area (Å²) in [6.07, 6.45) is 2.30. The highest BCUT2D eigenvalue weighted by atomic mass is 32.1. The molecule has 7 heteroatoms. The van der Waals surface area contributed by atoms with Crippen LogP contribution >= 0.6 is 11.3 Å². The Morgan fingerprint density at radius 1 is 1.19 bits per heavy atom. The van der Waals surface area contributed by atoms with E-state index in [0.717, 1.165) is 12.8 Å². The van der Waals surface area contributed by atoms with Crippen LogP contribution in [0.5, 0.6) is 0 Å². The Morgan fingerprint density at radius 3 is 2.65 bits per heavy atom. The van der Waals surface area contributed by atoms with Gasteiger partial charge in [-0.1, -0.05) is 19.1 Å². The second-order valence-corrected chi connectivity index (χ2v) is 6.87. The Labute approximate surface area is 156 Å². The van der Waals surface area contributed by atoms with Crippen molar-refractivity contribution in [1.29, 1.82) is 0 Å². The van der Waals surface area contributed by atoms with Crippen molar-refractivity contribution in [2.24, 2.45) is 0 Å². The monoisotopic (exact) mass is 374 g/mol. The number of carbonyl (C=O) groups excluding carboxylic acids is 2. The zero-order valence-corrected chi connectivity index (χ0v) is 15.3. The summed E-state index contributed by atoms with van der Waals surface area (Å²) in [5, 5.41) is 16.3. The number of anilines is 1. The first-order chi connectivity index (χ1) is 12.5. The third kappa shape index (κ3) is 6.00. The fourth-order valence-electron chi connectivity index (χ4n) is 2.42. The molecule has 138 valence electrons. The van der Waals surface area contributed by atoms with Gasteiger partial charge in [0.2, 0.25) is 5.91 Å². The topological polar surface area (TPSA) is 95.5 Å². The minimum atomic E-state index is -1.07. The van der Waals surface area contributed by atoms with Crippen molar-refractivity contribution in [2.75, 3.05) is 5.32 Å². The van der Waals surface area contributed by atoms with E-state index in [-0.39, 0.29) is 5.91 Å². The van der Waals surface area contributed by atoms with Crippen LogP contribution < -0.4 is 10.6 Å². The van der Waals surface area contributed by atoms with Crippen LogP contribution in [0.25, 0.3) is 0 Å². The molecule has 3 N–H and O–H groups in total. The van der Waals surface area contributed by atoms with Gasteiger partial charge >= 0.3 is 5.97 Å². The van der Waals surface area contributed by atoms with Crippen LogP contribution in [0.4, 0.5) is 5.69 Å². The van der Waals surface area contributed by atoms with Crippen molar-refractivity contribution in [2.45, 2.75) is 38.6 Å². The van der Waals surface area contributed by atoms with Crippen molar-refractivity contribution in [3.05, 3.63) is 52.2 Å². The molecule has 2 rings (SSSR count). The molecule has 1 aromatic heterocycles. The van der Waals surface area contributed by atoms with Crippen LogP contribution in [0.1, 0.15) is 41.4 Å². The Hall–Kier alpha value is -2.67. The first kappa shape index (κ1) is 19.7. The number of nitrogens with one attached hydrogen (secondary N) is 2. The average Bonchev–Trinajstić information content (AvgIpc) is 3.12. The highest BCUT2D eigenvalue weighted by molar-refractivity contribution is 7.09. The summed E-state index contributed by atoms with van der Waals surface area (Å²) in [4.78, 5) is 36.5. The maximum atomic E-state index is 12.2. The zero-order chi connectivity index (χ0) is 18.9. The van der Waals surface area contributed by atoms with E-state index in [9.17, 15) is 14.4 Å². The summed E-state index contributed by atoms with van der Waals surface area (Å²) in [6.45, 7) is 1.69. The summed E-state index contributed by atoms with van der Waals surface area (Å²) in [6, 6.07) is 9.57. The fraction of sp³-hybridized carbons (Fsp3) is 0.316. The van der Waals surface area contributed by atoms with Gasteiger partial charge in [0.15, 0.2) is 0 Å². The lowest BCUT2D eigenvalue weighted by molar-refractivity contribution is -0.139. The molecule has 0 bridgehead atoms. The number of carboxylic acids is 1. The summed E-state index contributed by atoms with van der Waals surface area (Å²) < 4.78 is 0. The molecule has 0 spiro atoms. The van der Waals surface area contributed by atoms with E-state index in [1.807, 2.05) is 17.5 Å². The first-order valence-corrected chi connectivity index (χ1v) is 9.33. The SMILES string of the molecule is CCC(NC(=O)c1cccc(NC(=O)CCCc2cccs2)c1)C(=O)O. The number of rotatable bonds is 9. The molecule has 1 unspecified atom stereocenters. The van der Waals surface area contributed by atoms with E-state index >= 15 is 0 Å². The van der Waals surface area contributed by atoms with Gasteiger partial charge in [-0.2, -0.15) is 0 Å².